The van der Waals surface area contributed by atoms with Crippen molar-refractivity contribution in [3.63, 3.8) is 0 Å². The molecule has 2 N–H and O–H groups in total. The number of nitrogens with zero attached hydrogens (tertiary/aromatic N) is 1. The number of rotatable bonds is 2. The summed E-state index contributed by atoms with van der Waals surface area (Å²) in [7, 11) is 0. The van der Waals surface area contributed by atoms with Gasteiger partial charge in [0.2, 0.25) is 0 Å². The van der Waals surface area contributed by atoms with Gasteiger partial charge in [-0.15, -0.1) is 0 Å². The summed E-state index contributed by atoms with van der Waals surface area (Å²) < 4.78 is 19.2. The first kappa shape index (κ1) is 17.7. The van der Waals surface area contributed by atoms with Crippen LogP contribution in [-0.4, -0.2) is 22.9 Å². The van der Waals surface area contributed by atoms with Crippen LogP contribution in [-0.2, 0) is 10.3 Å². The van der Waals surface area contributed by atoms with E-state index in [1.807, 2.05) is 30.3 Å². The second-order valence-corrected chi connectivity index (χ2v) is 6.50. The van der Waals surface area contributed by atoms with Gasteiger partial charge < -0.3 is 10.1 Å². The molecule has 142 valence electrons. The zero-order valence-electron chi connectivity index (χ0n) is 14.8. The molecule has 2 aromatic rings. The van der Waals surface area contributed by atoms with Crippen LogP contribution in [0.4, 0.5) is 14.0 Å². The average molecular weight is 381 g/mol. The van der Waals surface area contributed by atoms with Crippen LogP contribution in [0.3, 0.4) is 0 Å². The third kappa shape index (κ3) is 2.61. The zero-order chi connectivity index (χ0) is 19.9. The van der Waals surface area contributed by atoms with Crippen molar-refractivity contribution >= 4 is 18.0 Å². The van der Waals surface area contributed by atoms with E-state index in [-0.39, 0.29) is 11.3 Å². The first-order valence-electron chi connectivity index (χ1n) is 8.59. The fraction of sp³-hybridized carbons (Fsp3) is 0.150. The molecule has 4 rings (SSSR count). The molecular weight excluding hydrogens is 365 g/mol. The topological polar surface area (TPSA) is 87.7 Å². The normalized spacial score (nSPS) is 21.1. The third-order valence-corrected chi connectivity index (χ3v) is 4.82. The first-order valence-corrected chi connectivity index (χ1v) is 8.59. The van der Waals surface area contributed by atoms with E-state index < -0.39 is 35.4 Å². The SMILES string of the molecule is C[C@@H](NC(=O)N1C(=O)NC(=O)[C@@]12C=COc1ccc(F)cc12)c1ccccc1. The lowest BCUT2D eigenvalue weighted by molar-refractivity contribution is -0.124. The van der Waals surface area contributed by atoms with Crippen molar-refractivity contribution in [3.8, 4) is 5.75 Å². The lowest BCUT2D eigenvalue weighted by atomic mass is 9.86. The molecular formula is C20H16FN3O4. The van der Waals surface area contributed by atoms with Gasteiger partial charge in [0, 0.05) is 5.56 Å². The van der Waals surface area contributed by atoms with Crippen LogP contribution in [0.1, 0.15) is 24.1 Å². The summed E-state index contributed by atoms with van der Waals surface area (Å²) in [5.74, 6) is -1.20. The van der Waals surface area contributed by atoms with Gasteiger partial charge in [-0.3, -0.25) is 10.1 Å². The monoisotopic (exact) mass is 381 g/mol. The Hall–Kier alpha value is -3.68. The third-order valence-electron chi connectivity index (χ3n) is 4.82. The fourth-order valence-electron chi connectivity index (χ4n) is 3.43. The molecule has 0 unspecified atom stereocenters. The van der Waals surface area contributed by atoms with Crippen molar-refractivity contribution in [3.05, 3.63) is 77.8 Å². The minimum atomic E-state index is -1.83. The van der Waals surface area contributed by atoms with Crippen LogP contribution in [0.5, 0.6) is 5.75 Å². The molecule has 7 nitrogen and oxygen atoms in total. The maximum Gasteiger partial charge on any atom is 0.333 e. The predicted octanol–water partition coefficient (Wildman–Crippen LogP) is 2.95. The van der Waals surface area contributed by atoms with Gasteiger partial charge in [-0.2, -0.15) is 0 Å². The van der Waals surface area contributed by atoms with Crippen molar-refractivity contribution in [1.29, 1.82) is 0 Å². The van der Waals surface area contributed by atoms with Crippen molar-refractivity contribution in [2.24, 2.45) is 0 Å². The summed E-state index contributed by atoms with van der Waals surface area (Å²) in [6.45, 7) is 1.75. The number of carbonyl (C=O) groups excluding carboxylic acids is 3. The number of ether oxygens (including phenoxy) is 1. The molecule has 0 radical (unpaired) electrons. The number of nitrogens with one attached hydrogen (secondary N) is 2. The average Bonchev–Trinajstić information content (AvgIpc) is 2.93. The van der Waals surface area contributed by atoms with Gasteiger partial charge in [-0.25, -0.2) is 18.9 Å². The molecule has 28 heavy (non-hydrogen) atoms. The molecule has 0 saturated carbocycles. The standard InChI is InChI=1S/C20H16FN3O4/c1-12(13-5-3-2-4-6-13)22-18(26)24-19(27)23-17(25)20(24)9-10-28-16-8-7-14(21)11-15(16)20/h2-12H,1H3,(H,22,26)(H,23,25,27)/t12-,20+/m1/s1. The van der Waals surface area contributed by atoms with Crippen LogP contribution >= 0.6 is 0 Å². The number of imide groups is 2. The van der Waals surface area contributed by atoms with Crippen LogP contribution < -0.4 is 15.4 Å². The van der Waals surface area contributed by atoms with E-state index in [9.17, 15) is 18.8 Å². The van der Waals surface area contributed by atoms with Crippen molar-refractivity contribution < 1.29 is 23.5 Å². The van der Waals surface area contributed by atoms with Crippen LogP contribution in [0.15, 0.2) is 60.9 Å². The lowest BCUT2D eigenvalue weighted by Crippen LogP contribution is -2.53. The Morgan fingerprint density at radius 2 is 1.96 bits per heavy atom. The summed E-state index contributed by atoms with van der Waals surface area (Å²) in [6.07, 6.45) is 2.47. The fourth-order valence-corrected chi connectivity index (χ4v) is 3.43. The zero-order valence-corrected chi connectivity index (χ0v) is 14.8. The molecule has 2 aliphatic heterocycles. The molecule has 2 atom stereocenters. The van der Waals surface area contributed by atoms with E-state index in [0.717, 1.165) is 16.5 Å². The van der Waals surface area contributed by atoms with Gasteiger partial charge in [0.1, 0.15) is 11.6 Å². The van der Waals surface area contributed by atoms with Crippen molar-refractivity contribution in [1.82, 2.24) is 15.5 Å². The van der Waals surface area contributed by atoms with Gasteiger partial charge in [-0.1, -0.05) is 30.3 Å². The van der Waals surface area contributed by atoms with Crippen molar-refractivity contribution in [2.75, 3.05) is 0 Å². The number of amides is 5. The van der Waals surface area contributed by atoms with E-state index in [0.29, 0.717) is 0 Å². The number of hydrogen-bond acceptors (Lipinski definition) is 4. The van der Waals surface area contributed by atoms with E-state index in [2.05, 4.69) is 10.6 Å². The van der Waals surface area contributed by atoms with Crippen LogP contribution in [0.2, 0.25) is 0 Å². The highest BCUT2D eigenvalue weighted by Gasteiger charge is 2.58. The van der Waals surface area contributed by atoms with Gasteiger partial charge in [0.15, 0.2) is 5.54 Å². The Labute approximate surface area is 159 Å². The van der Waals surface area contributed by atoms with Crippen LogP contribution in [0.25, 0.3) is 0 Å². The molecule has 2 aromatic carbocycles. The van der Waals surface area contributed by atoms with E-state index >= 15 is 0 Å². The summed E-state index contributed by atoms with van der Waals surface area (Å²) in [5, 5.41) is 4.85. The minimum Gasteiger partial charge on any atom is -0.465 e. The number of urea groups is 2. The molecule has 8 heteroatoms. The summed E-state index contributed by atoms with van der Waals surface area (Å²) in [6, 6.07) is 10.6. The second kappa shape index (κ2) is 6.49. The number of benzene rings is 2. The maximum absolute atomic E-state index is 13.9. The minimum absolute atomic E-state index is 0.0702. The first-order chi connectivity index (χ1) is 13.4. The van der Waals surface area contributed by atoms with Gasteiger partial charge in [0.25, 0.3) is 5.91 Å². The molecule has 0 bridgehead atoms. The number of halogens is 1. The summed E-state index contributed by atoms with van der Waals surface area (Å²) in [4.78, 5) is 38.9. The molecule has 0 aromatic heterocycles. The van der Waals surface area contributed by atoms with Gasteiger partial charge in [-0.05, 0) is 36.8 Å². The number of carbonyl (C=O) groups is 3. The predicted molar refractivity (Wildman–Crippen MR) is 96.6 cm³/mol. The Bertz CT molecular complexity index is 1010. The van der Waals surface area contributed by atoms with E-state index in [4.69, 9.17) is 4.74 Å². The van der Waals surface area contributed by atoms with Gasteiger partial charge >= 0.3 is 12.1 Å². The Morgan fingerprint density at radius 3 is 2.71 bits per heavy atom. The molecule has 1 fully saturated rings. The smallest absolute Gasteiger partial charge is 0.333 e. The van der Waals surface area contributed by atoms with E-state index in [1.165, 1.54) is 24.5 Å². The second-order valence-electron chi connectivity index (χ2n) is 6.50. The molecule has 1 spiro atoms. The Morgan fingerprint density at radius 1 is 1.21 bits per heavy atom. The maximum atomic E-state index is 13.9. The lowest BCUT2D eigenvalue weighted by Gasteiger charge is -2.35. The van der Waals surface area contributed by atoms with Gasteiger partial charge in [0.05, 0.1) is 12.3 Å². The highest BCUT2D eigenvalue weighted by Crippen LogP contribution is 2.43. The van der Waals surface area contributed by atoms with Crippen LogP contribution in [0, 0.1) is 5.82 Å². The molecule has 2 heterocycles. The molecule has 0 aliphatic carbocycles. The quantitative estimate of drug-likeness (QED) is 0.783. The summed E-state index contributed by atoms with van der Waals surface area (Å²) >= 11 is 0. The molecule has 2 aliphatic rings. The van der Waals surface area contributed by atoms with Crippen molar-refractivity contribution in [2.45, 2.75) is 18.5 Å². The highest BCUT2D eigenvalue weighted by molar-refractivity contribution is 6.15. The summed E-state index contributed by atoms with van der Waals surface area (Å²) in [5.41, 5.74) is -0.932. The number of hydrogen-bond donors (Lipinski definition) is 2. The molecule has 1 saturated heterocycles. The largest absolute Gasteiger partial charge is 0.465 e. The Kier molecular flexibility index (Phi) is 4.11. The Balaban J connectivity index is 1.74. The number of fused-ring (bicyclic) bond motifs is 2. The van der Waals surface area contributed by atoms with E-state index in [1.54, 1.807) is 6.92 Å². The molecule has 5 amide bonds. The highest BCUT2D eigenvalue weighted by atomic mass is 19.1.